The first-order valence-electron chi connectivity index (χ1n) is 6.33. The van der Waals surface area contributed by atoms with Crippen molar-refractivity contribution in [1.29, 1.82) is 0 Å². The third-order valence-corrected chi connectivity index (χ3v) is 3.68. The normalized spacial score (nSPS) is 18.5. The summed E-state index contributed by atoms with van der Waals surface area (Å²) in [6.45, 7) is 4.13. The summed E-state index contributed by atoms with van der Waals surface area (Å²) in [5, 5.41) is 17.1. The molecule has 2 rings (SSSR count). The van der Waals surface area contributed by atoms with Crippen molar-refractivity contribution in [1.82, 2.24) is 15.0 Å². The van der Waals surface area contributed by atoms with E-state index in [9.17, 15) is 9.90 Å². The molecule has 1 saturated carbocycles. The van der Waals surface area contributed by atoms with Crippen LogP contribution in [0, 0.1) is 0 Å². The summed E-state index contributed by atoms with van der Waals surface area (Å²) in [6, 6.07) is 0.214. The van der Waals surface area contributed by atoms with Crippen molar-refractivity contribution >= 4 is 5.97 Å². The minimum absolute atomic E-state index is 0.150. The molecule has 1 aliphatic rings. The maximum absolute atomic E-state index is 11.2. The van der Waals surface area contributed by atoms with Crippen LogP contribution in [-0.4, -0.2) is 26.1 Å². The highest BCUT2D eigenvalue weighted by molar-refractivity contribution is 5.86. The Morgan fingerprint density at radius 1 is 1.53 bits per heavy atom. The zero-order valence-corrected chi connectivity index (χ0v) is 10.4. The molecule has 1 aliphatic carbocycles. The van der Waals surface area contributed by atoms with Crippen LogP contribution in [0.25, 0.3) is 0 Å². The number of hydrogen-bond donors (Lipinski definition) is 1. The molecule has 0 spiro atoms. The maximum Gasteiger partial charge on any atom is 0.358 e. The van der Waals surface area contributed by atoms with Crippen LogP contribution in [0.4, 0.5) is 0 Å². The molecule has 1 atom stereocenters. The van der Waals surface area contributed by atoms with Crippen LogP contribution in [0.1, 0.15) is 74.1 Å². The molecule has 0 saturated heterocycles. The maximum atomic E-state index is 11.2. The highest BCUT2D eigenvalue weighted by Gasteiger charge is 2.29. The Bertz CT molecular complexity index is 408. The number of hydrogen-bond acceptors (Lipinski definition) is 3. The van der Waals surface area contributed by atoms with Crippen LogP contribution < -0.4 is 0 Å². The fraction of sp³-hybridized carbons (Fsp3) is 0.750. The van der Waals surface area contributed by atoms with E-state index in [2.05, 4.69) is 24.2 Å². The van der Waals surface area contributed by atoms with Gasteiger partial charge in [-0.1, -0.05) is 25.0 Å². The van der Waals surface area contributed by atoms with Crippen molar-refractivity contribution in [2.45, 2.75) is 57.9 Å². The van der Waals surface area contributed by atoms with Gasteiger partial charge < -0.3 is 5.11 Å². The van der Waals surface area contributed by atoms with E-state index in [0.29, 0.717) is 5.92 Å². The van der Waals surface area contributed by atoms with E-state index in [4.69, 9.17) is 0 Å². The summed E-state index contributed by atoms with van der Waals surface area (Å²) in [7, 11) is 0. The van der Waals surface area contributed by atoms with E-state index in [0.717, 1.165) is 25.0 Å². The predicted octanol–water partition coefficient (Wildman–Crippen LogP) is 2.60. The first-order chi connectivity index (χ1) is 8.15. The van der Waals surface area contributed by atoms with Gasteiger partial charge in [0.2, 0.25) is 0 Å². The Morgan fingerprint density at radius 3 is 2.71 bits per heavy atom. The molecule has 0 bridgehead atoms. The van der Waals surface area contributed by atoms with E-state index in [1.165, 1.54) is 12.8 Å². The number of rotatable bonds is 4. The standard InChI is InChI=1S/C12H19N3O2/c1-3-8(2)15-11(9-6-4-5-7-9)10(12(16)17)13-14-15/h8-9H,3-7H2,1-2H3,(H,16,17). The first kappa shape index (κ1) is 12.1. The molecule has 1 aromatic heterocycles. The Hall–Kier alpha value is -1.39. The van der Waals surface area contributed by atoms with Crippen molar-refractivity contribution < 1.29 is 9.90 Å². The van der Waals surface area contributed by atoms with Gasteiger partial charge in [-0.3, -0.25) is 0 Å². The summed E-state index contributed by atoms with van der Waals surface area (Å²) >= 11 is 0. The summed E-state index contributed by atoms with van der Waals surface area (Å²) in [5.74, 6) is -0.633. The lowest BCUT2D eigenvalue weighted by Crippen LogP contribution is -2.14. The highest BCUT2D eigenvalue weighted by atomic mass is 16.4. The van der Waals surface area contributed by atoms with Gasteiger partial charge in [0.1, 0.15) is 0 Å². The molecule has 17 heavy (non-hydrogen) atoms. The van der Waals surface area contributed by atoms with Gasteiger partial charge in [0.15, 0.2) is 5.69 Å². The average molecular weight is 237 g/mol. The Labute approximate surface area is 101 Å². The van der Waals surface area contributed by atoms with Gasteiger partial charge in [-0.25, -0.2) is 9.48 Å². The van der Waals surface area contributed by atoms with Gasteiger partial charge in [-0.05, 0) is 26.2 Å². The molecule has 5 nitrogen and oxygen atoms in total. The topological polar surface area (TPSA) is 68.0 Å². The molecular formula is C12H19N3O2. The van der Waals surface area contributed by atoms with Gasteiger partial charge in [0, 0.05) is 5.92 Å². The average Bonchev–Trinajstić information content (AvgIpc) is 2.95. The van der Waals surface area contributed by atoms with Crippen LogP contribution in [0.5, 0.6) is 0 Å². The van der Waals surface area contributed by atoms with Gasteiger partial charge in [-0.15, -0.1) is 5.10 Å². The fourth-order valence-electron chi connectivity index (χ4n) is 2.53. The van der Waals surface area contributed by atoms with Crippen LogP contribution in [0.3, 0.4) is 0 Å². The van der Waals surface area contributed by atoms with Crippen LogP contribution >= 0.6 is 0 Å². The van der Waals surface area contributed by atoms with E-state index in [1.807, 2.05) is 4.68 Å². The summed E-state index contributed by atoms with van der Waals surface area (Å²) in [6.07, 6.45) is 5.40. The van der Waals surface area contributed by atoms with E-state index >= 15 is 0 Å². The van der Waals surface area contributed by atoms with Gasteiger partial charge >= 0.3 is 5.97 Å². The molecule has 0 radical (unpaired) electrons. The van der Waals surface area contributed by atoms with Crippen molar-refractivity contribution in [3.63, 3.8) is 0 Å². The second-order valence-electron chi connectivity index (χ2n) is 4.81. The van der Waals surface area contributed by atoms with Gasteiger partial charge in [0.25, 0.3) is 0 Å². The number of aromatic nitrogens is 3. The summed E-state index contributed by atoms with van der Waals surface area (Å²) < 4.78 is 1.82. The van der Waals surface area contributed by atoms with E-state index < -0.39 is 5.97 Å². The van der Waals surface area contributed by atoms with Crippen molar-refractivity contribution in [3.05, 3.63) is 11.4 Å². The summed E-state index contributed by atoms with van der Waals surface area (Å²) in [5.41, 5.74) is 0.988. The fourth-order valence-corrected chi connectivity index (χ4v) is 2.53. The van der Waals surface area contributed by atoms with Crippen molar-refractivity contribution in [2.24, 2.45) is 0 Å². The van der Waals surface area contributed by atoms with Crippen molar-refractivity contribution in [3.8, 4) is 0 Å². The minimum Gasteiger partial charge on any atom is -0.476 e. The molecule has 0 amide bonds. The van der Waals surface area contributed by atoms with Crippen molar-refractivity contribution in [2.75, 3.05) is 0 Å². The molecule has 94 valence electrons. The van der Waals surface area contributed by atoms with E-state index in [1.54, 1.807) is 0 Å². The number of carbonyl (C=O) groups is 1. The number of carboxylic acid groups (broad SMARTS) is 1. The zero-order chi connectivity index (χ0) is 12.4. The second kappa shape index (κ2) is 4.85. The summed E-state index contributed by atoms with van der Waals surface area (Å²) in [4.78, 5) is 11.2. The monoisotopic (exact) mass is 237 g/mol. The molecule has 1 N–H and O–H groups in total. The molecule has 0 aromatic carbocycles. The molecule has 0 aliphatic heterocycles. The molecule has 5 heteroatoms. The van der Waals surface area contributed by atoms with E-state index in [-0.39, 0.29) is 11.7 Å². The molecule has 1 aromatic rings. The second-order valence-corrected chi connectivity index (χ2v) is 4.81. The molecule has 1 unspecified atom stereocenters. The predicted molar refractivity (Wildman–Crippen MR) is 63.2 cm³/mol. The third kappa shape index (κ3) is 2.18. The number of carboxylic acids is 1. The van der Waals surface area contributed by atoms with Crippen LogP contribution in [0.2, 0.25) is 0 Å². The van der Waals surface area contributed by atoms with Crippen LogP contribution in [-0.2, 0) is 0 Å². The third-order valence-electron chi connectivity index (χ3n) is 3.68. The number of nitrogens with zero attached hydrogens (tertiary/aromatic N) is 3. The Morgan fingerprint density at radius 2 is 2.18 bits per heavy atom. The highest BCUT2D eigenvalue weighted by Crippen LogP contribution is 2.36. The van der Waals surface area contributed by atoms with Crippen LogP contribution in [0.15, 0.2) is 0 Å². The Kier molecular flexibility index (Phi) is 3.45. The lowest BCUT2D eigenvalue weighted by atomic mass is 10.0. The lowest BCUT2D eigenvalue weighted by Gasteiger charge is -2.16. The molecular weight excluding hydrogens is 218 g/mol. The minimum atomic E-state index is -0.957. The zero-order valence-electron chi connectivity index (χ0n) is 10.4. The SMILES string of the molecule is CCC(C)n1nnc(C(=O)O)c1C1CCCC1. The number of aromatic carboxylic acids is 1. The van der Waals surface area contributed by atoms with Gasteiger partial charge in [0.05, 0.1) is 11.7 Å². The molecule has 1 heterocycles. The Balaban J connectivity index is 2.42. The lowest BCUT2D eigenvalue weighted by molar-refractivity contribution is 0.0688. The first-order valence-corrected chi connectivity index (χ1v) is 6.33. The van der Waals surface area contributed by atoms with Gasteiger partial charge in [-0.2, -0.15) is 0 Å². The molecule has 1 fully saturated rings. The largest absolute Gasteiger partial charge is 0.476 e. The quantitative estimate of drug-likeness (QED) is 0.874. The smallest absolute Gasteiger partial charge is 0.358 e.